The number of carbonyl (C=O) groups is 1. The molecule has 30 heavy (non-hydrogen) atoms. The van der Waals surface area contributed by atoms with Gasteiger partial charge in [-0.3, -0.25) is 4.79 Å². The van der Waals surface area contributed by atoms with Gasteiger partial charge < -0.3 is 22.1 Å². The summed E-state index contributed by atoms with van der Waals surface area (Å²) in [4.78, 5) is 21.8. The third-order valence-electron chi connectivity index (χ3n) is 4.98. The highest BCUT2D eigenvalue weighted by molar-refractivity contribution is 5.98. The van der Waals surface area contributed by atoms with Gasteiger partial charge in [-0.05, 0) is 37.5 Å². The Morgan fingerprint density at radius 1 is 1.23 bits per heavy atom. The Hall–Kier alpha value is -3.60. The largest absolute Gasteiger partial charge is 0.365 e. The number of nitrogens with zero attached hydrogens (tertiary/aromatic N) is 5. The molecule has 2 aromatic heterocycles. The molecule has 0 radical (unpaired) electrons. The second-order valence-corrected chi connectivity index (χ2v) is 7.09. The number of carbonyl (C=O) groups excluding carboxylic acids is 1. The maximum absolute atomic E-state index is 14.3. The van der Waals surface area contributed by atoms with E-state index in [0.29, 0.717) is 17.8 Å². The van der Waals surface area contributed by atoms with Crippen molar-refractivity contribution in [3.8, 4) is 5.69 Å². The third kappa shape index (κ3) is 4.20. The van der Waals surface area contributed by atoms with E-state index in [1.165, 1.54) is 11.0 Å². The van der Waals surface area contributed by atoms with Crippen LogP contribution in [0.15, 0.2) is 42.9 Å². The van der Waals surface area contributed by atoms with E-state index in [1.807, 2.05) is 6.07 Å². The molecule has 1 amide bonds. The van der Waals surface area contributed by atoms with Crippen molar-refractivity contribution in [1.82, 2.24) is 25.0 Å². The van der Waals surface area contributed by atoms with Crippen molar-refractivity contribution < 1.29 is 9.18 Å². The smallest absolute Gasteiger partial charge is 0.254 e. The zero-order chi connectivity index (χ0) is 21.1. The molecule has 0 aliphatic heterocycles. The fourth-order valence-corrected chi connectivity index (χ4v) is 3.44. The first-order valence-electron chi connectivity index (χ1n) is 9.58. The highest BCUT2D eigenvalue weighted by atomic mass is 19.1. The van der Waals surface area contributed by atoms with E-state index in [2.05, 4.69) is 30.8 Å². The van der Waals surface area contributed by atoms with Gasteiger partial charge in [0.25, 0.3) is 5.91 Å². The Morgan fingerprint density at radius 2 is 2.03 bits per heavy atom. The molecule has 11 heteroatoms. The van der Waals surface area contributed by atoms with Crippen molar-refractivity contribution in [2.24, 2.45) is 11.5 Å². The van der Waals surface area contributed by atoms with Gasteiger partial charge in [0, 0.05) is 17.9 Å². The molecule has 1 aliphatic carbocycles. The van der Waals surface area contributed by atoms with E-state index in [9.17, 15) is 9.18 Å². The van der Waals surface area contributed by atoms with Gasteiger partial charge in [0.15, 0.2) is 0 Å². The molecule has 3 aromatic rings. The normalized spacial score (nSPS) is 21.2. The van der Waals surface area contributed by atoms with Crippen molar-refractivity contribution in [1.29, 1.82) is 0 Å². The fourth-order valence-electron chi connectivity index (χ4n) is 3.44. The lowest BCUT2D eigenvalue weighted by Gasteiger charge is -2.32. The zero-order valence-electron chi connectivity index (χ0n) is 16.1. The zero-order valence-corrected chi connectivity index (χ0v) is 16.1. The summed E-state index contributed by atoms with van der Waals surface area (Å²) in [7, 11) is 0. The lowest BCUT2D eigenvalue weighted by molar-refractivity contribution is 0.100. The van der Waals surface area contributed by atoms with Gasteiger partial charge in [0.1, 0.15) is 17.6 Å². The summed E-state index contributed by atoms with van der Waals surface area (Å²) in [6.45, 7) is 0. The standard InChI is InChI=1S/C19H22FN9O/c20-14-5-2-6-15(21)16(14)27-19-23-10-13(17(22)30)18(28-19)26-11-3-1-4-12(9-11)29-24-7-8-25-29/h1,3-4,7-10,14-16H,2,5-6,21H2,(H2,22,30)(H2,23,26,27,28)/t14-,15+,16-/m1/s1. The molecule has 1 aromatic carbocycles. The SMILES string of the molecule is NC(=O)c1cnc(N[C@@H]2[C@H](F)CCC[C@@H]2N)nc1Nc1cccc(-n2nccn2)c1. The summed E-state index contributed by atoms with van der Waals surface area (Å²) in [6, 6.07) is 6.28. The van der Waals surface area contributed by atoms with Crippen LogP contribution in [-0.4, -0.2) is 49.1 Å². The molecule has 0 saturated heterocycles. The molecule has 1 saturated carbocycles. The maximum Gasteiger partial charge on any atom is 0.254 e. The number of nitrogens with two attached hydrogens (primary N) is 2. The topological polar surface area (TPSA) is 150 Å². The first-order valence-corrected chi connectivity index (χ1v) is 9.58. The first kappa shape index (κ1) is 19.7. The number of halogens is 1. The Kier molecular flexibility index (Phi) is 5.53. The molecular formula is C19H22FN9O. The quantitative estimate of drug-likeness (QED) is 0.477. The molecule has 0 unspecified atom stereocenters. The second kappa shape index (κ2) is 8.41. The first-order chi connectivity index (χ1) is 14.5. The molecule has 10 nitrogen and oxygen atoms in total. The maximum atomic E-state index is 14.3. The van der Waals surface area contributed by atoms with E-state index in [1.54, 1.807) is 30.6 Å². The van der Waals surface area contributed by atoms with Gasteiger partial charge in [-0.25, -0.2) is 9.37 Å². The van der Waals surface area contributed by atoms with Crippen molar-refractivity contribution in [2.45, 2.75) is 37.5 Å². The van der Waals surface area contributed by atoms with Crippen molar-refractivity contribution in [3.63, 3.8) is 0 Å². The summed E-state index contributed by atoms with van der Waals surface area (Å²) in [5.74, 6) is -0.325. The lowest BCUT2D eigenvalue weighted by Crippen LogP contribution is -2.49. The molecule has 4 rings (SSSR count). The van der Waals surface area contributed by atoms with Crippen LogP contribution in [0.5, 0.6) is 0 Å². The molecule has 3 atom stereocenters. The van der Waals surface area contributed by atoms with Crippen LogP contribution < -0.4 is 22.1 Å². The Balaban J connectivity index is 1.61. The molecule has 6 N–H and O–H groups in total. The van der Waals surface area contributed by atoms with Crippen LogP contribution in [0.3, 0.4) is 0 Å². The van der Waals surface area contributed by atoms with Crippen LogP contribution in [-0.2, 0) is 0 Å². The Bertz CT molecular complexity index is 1020. The van der Waals surface area contributed by atoms with Gasteiger partial charge >= 0.3 is 0 Å². The fraction of sp³-hybridized carbons (Fsp3) is 0.316. The summed E-state index contributed by atoms with van der Waals surface area (Å²) >= 11 is 0. The molecule has 1 aliphatic rings. The number of nitrogens with one attached hydrogen (secondary N) is 2. The van der Waals surface area contributed by atoms with Gasteiger partial charge in [-0.2, -0.15) is 20.0 Å². The summed E-state index contributed by atoms with van der Waals surface area (Å²) in [5, 5.41) is 14.2. The van der Waals surface area contributed by atoms with Gasteiger partial charge in [0.2, 0.25) is 5.95 Å². The second-order valence-electron chi connectivity index (χ2n) is 7.09. The van der Waals surface area contributed by atoms with Crippen LogP contribution in [0.2, 0.25) is 0 Å². The van der Waals surface area contributed by atoms with Crippen LogP contribution in [0, 0.1) is 0 Å². The van der Waals surface area contributed by atoms with E-state index in [-0.39, 0.29) is 23.4 Å². The van der Waals surface area contributed by atoms with Crippen molar-refractivity contribution in [3.05, 3.63) is 48.4 Å². The number of benzene rings is 1. The van der Waals surface area contributed by atoms with Crippen molar-refractivity contribution in [2.75, 3.05) is 10.6 Å². The highest BCUT2D eigenvalue weighted by Crippen LogP contribution is 2.25. The molecule has 0 spiro atoms. The number of hydrogen-bond donors (Lipinski definition) is 4. The Morgan fingerprint density at radius 3 is 2.77 bits per heavy atom. The number of amides is 1. The number of hydrogen-bond acceptors (Lipinski definition) is 8. The third-order valence-corrected chi connectivity index (χ3v) is 4.98. The molecule has 0 bridgehead atoms. The van der Waals surface area contributed by atoms with Crippen LogP contribution in [0.25, 0.3) is 5.69 Å². The summed E-state index contributed by atoms with van der Waals surface area (Å²) in [5.41, 5.74) is 13.0. The van der Waals surface area contributed by atoms with Crippen LogP contribution in [0.4, 0.5) is 21.8 Å². The predicted octanol–water partition coefficient (Wildman–Crippen LogP) is 1.53. The number of alkyl halides is 1. The predicted molar refractivity (Wildman–Crippen MR) is 109 cm³/mol. The van der Waals surface area contributed by atoms with Crippen molar-refractivity contribution >= 4 is 23.4 Å². The molecule has 156 valence electrons. The van der Waals surface area contributed by atoms with Crippen LogP contribution >= 0.6 is 0 Å². The summed E-state index contributed by atoms with van der Waals surface area (Å²) in [6.07, 6.45) is 5.25. The monoisotopic (exact) mass is 411 g/mol. The lowest BCUT2D eigenvalue weighted by atomic mass is 9.89. The molecular weight excluding hydrogens is 389 g/mol. The number of rotatable bonds is 6. The minimum Gasteiger partial charge on any atom is -0.365 e. The van der Waals surface area contributed by atoms with Gasteiger partial charge in [-0.15, -0.1) is 0 Å². The van der Waals surface area contributed by atoms with Crippen LogP contribution in [0.1, 0.15) is 29.6 Å². The number of aromatic nitrogens is 5. The minimum absolute atomic E-state index is 0.105. The van der Waals surface area contributed by atoms with E-state index >= 15 is 0 Å². The molecule has 2 heterocycles. The number of anilines is 3. The van der Waals surface area contributed by atoms with Gasteiger partial charge in [-0.1, -0.05) is 6.07 Å². The number of primary amides is 1. The Labute approximate surface area is 171 Å². The van der Waals surface area contributed by atoms with Gasteiger partial charge in [0.05, 0.1) is 24.1 Å². The van der Waals surface area contributed by atoms with E-state index in [4.69, 9.17) is 11.5 Å². The minimum atomic E-state index is -1.09. The average molecular weight is 411 g/mol. The average Bonchev–Trinajstić information content (AvgIpc) is 3.26. The highest BCUT2D eigenvalue weighted by Gasteiger charge is 2.32. The van der Waals surface area contributed by atoms with E-state index in [0.717, 1.165) is 12.8 Å². The van der Waals surface area contributed by atoms with E-state index < -0.39 is 18.1 Å². The summed E-state index contributed by atoms with van der Waals surface area (Å²) < 4.78 is 14.3. The molecule has 1 fully saturated rings.